The number of benzene rings is 1. The number of hydrogen-bond donors (Lipinski definition) is 2. The molecule has 1 aromatic carbocycles. The van der Waals surface area contributed by atoms with Crippen LogP contribution in [0.5, 0.6) is 0 Å². The van der Waals surface area contributed by atoms with E-state index < -0.39 is 5.97 Å². The molecule has 1 saturated heterocycles. The molecule has 0 spiro atoms. The zero-order chi connectivity index (χ0) is 16.9. The lowest BCUT2D eigenvalue weighted by Gasteiger charge is -2.05. The molecule has 0 radical (unpaired) electrons. The highest BCUT2D eigenvalue weighted by molar-refractivity contribution is 7.13. The molecule has 1 atom stereocenters. The molecule has 2 aromatic rings. The second kappa shape index (κ2) is 7.55. The summed E-state index contributed by atoms with van der Waals surface area (Å²) in [5.41, 5.74) is 1.60. The van der Waals surface area contributed by atoms with Crippen LogP contribution in [0.3, 0.4) is 0 Å². The third-order valence-electron chi connectivity index (χ3n) is 3.79. The van der Waals surface area contributed by atoms with E-state index in [4.69, 9.17) is 9.84 Å². The topological polar surface area (TPSA) is 88.5 Å². The van der Waals surface area contributed by atoms with E-state index in [-0.39, 0.29) is 18.4 Å². The van der Waals surface area contributed by atoms with E-state index in [0.717, 1.165) is 30.0 Å². The minimum absolute atomic E-state index is 0.0186. The van der Waals surface area contributed by atoms with Gasteiger partial charge in [0.2, 0.25) is 0 Å². The molecule has 1 aliphatic rings. The van der Waals surface area contributed by atoms with Gasteiger partial charge in [0.1, 0.15) is 16.0 Å². The average Bonchev–Trinajstić information content (AvgIpc) is 3.25. The Morgan fingerprint density at radius 1 is 1.33 bits per heavy atom. The summed E-state index contributed by atoms with van der Waals surface area (Å²) >= 11 is 1.36. The van der Waals surface area contributed by atoms with Gasteiger partial charge in [-0.15, -0.1) is 11.3 Å². The molecule has 3 rings (SSSR count). The molecule has 2 heterocycles. The van der Waals surface area contributed by atoms with Gasteiger partial charge in [0.25, 0.3) is 5.91 Å². The predicted octanol–water partition coefficient (Wildman–Crippen LogP) is 3.26. The molecular formula is C17H18N2O4S. The van der Waals surface area contributed by atoms with Gasteiger partial charge < -0.3 is 15.2 Å². The normalized spacial score (nSPS) is 16.9. The van der Waals surface area contributed by atoms with Crippen LogP contribution in [0.25, 0.3) is 0 Å². The van der Waals surface area contributed by atoms with Crippen molar-refractivity contribution in [1.29, 1.82) is 0 Å². The van der Waals surface area contributed by atoms with Crippen molar-refractivity contribution >= 4 is 28.9 Å². The Morgan fingerprint density at radius 2 is 2.12 bits per heavy atom. The summed E-state index contributed by atoms with van der Waals surface area (Å²) in [7, 11) is 0. The molecular weight excluding hydrogens is 328 g/mol. The van der Waals surface area contributed by atoms with E-state index in [0.29, 0.717) is 17.0 Å². The third-order valence-corrected chi connectivity index (χ3v) is 4.88. The lowest BCUT2D eigenvalue weighted by molar-refractivity contribution is -0.136. The van der Waals surface area contributed by atoms with E-state index >= 15 is 0 Å². The third kappa shape index (κ3) is 4.18. The first-order valence-electron chi connectivity index (χ1n) is 7.81. The van der Waals surface area contributed by atoms with Crippen molar-refractivity contribution < 1.29 is 19.4 Å². The number of hydrogen-bond acceptors (Lipinski definition) is 5. The van der Waals surface area contributed by atoms with Crippen LogP contribution in [0.4, 0.5) is 5.69 Å². The maximum absolute atomic E-state index is 12.3. The smallest absolute Gasteiger partial charge is 0.303 e. The van der Waals surface area contributed by atoms with E-state index in [2.05, 4.69) is 10.3 Å². The maximum atomic E-state index is 12.3. The molecule has 0 saturated carbocycles. The summed E-state index contributed by atoms with van der Waals surface area (Å²) in [6.45, 7) is 0.750. The van der Waals surface area contributed by atoms with Crippen LogP contribution in [0, 0.1) is 0 Å². The molecule has 2 N–H and O–H groups in total. The summed E-state index contributed by atoms with van der Waals surface area (Å²) in [6.07, 6.45) is 4.15. The van der Waals surface area contributed by atoms with Crippen molar-refractivity contribution in [3.8, 4) is 0 Å². The van der Waals surface area contributed by atoms with Crippen LogP contribution in [0.1, 0.15) is 45.6 Å². The van der Waals surface area contributed by atoms with Crippen molar-refractivity contribution in [3.05, 3.63) is 45.9 Å². The number of nitrogens with zero attached hydrogens (tertiary/aromatic N) is 1. The van der Waals surface area contributed by atoms with Crippen LogP contribution < -0.4 is 5.32 Å². The summed E-state index contributed by atoms with van der Waals surface area (Å²) in [5.74, 6) is -1.02. The van der Waals surface area contributed by atoms with Gasteiger partial charge in [0.05, 0.1) is 6.20 Å². The Balaban J connectivity index is 1.59. The highest BCUT2D eigenvalue weighted by Crippen LogP contribution is 2.31. The SMILES string of the molecule is O=C(O)CCc1ccc(NC(=O)c2cnc(C3CCCO3)s2)cc1. The van der Waals surface area contributed by atoms with E-state index in [9.17, 15) is 9.59 Å². The fourth-order valence-electron chi connectivity index (χ4n) is 2.51. The fourth-order valence-corrected chi connectivity index (χ4v) is 3.41. The van der Waals surface area contributed by atoms with Crippen LogP contribution >= 0.6 is 11.3 Å². The Labute approximate surface area is 143 Å². The first-order valence-corrected chi connectivity index (χ1v) is 8.63. The number of anilines is 1. The number of aryl methyl sites for hydroxylation is 1. The number of aromatic nitrogens is 1. The van der Waals surface area contributed by atoms with Gasteiger partial charge in [-0.25, -0.2) is 4.98 Å². The molecule has 1 unspecified atom stereocenters. The highest BCUT2D eigenvalue weighted by Gasteiger charge is 2.22. The van der Waals surface area contributed by atoms with Gasteiger partial charge in [-0.3, -0.25) is 9.59 Å². The van der Waals surface area contributed by atoms with Crippen LogP contribution in [0.2, 0.25) is 0 Å². The Bertz CT molecular complexity index is 720. The quantitative estimate of drug-likeness (QED) is 0.838. The van der Waals surface area contributed by atoms with Gasteiger partial charge in [-0.1, -0.05) is 12.1 Å². The zero-order valence-corrected chi connectivity index (χ0v) is 13.8. The number of carboxylic acid groups (broad SMARTS) is 1. The van der Waals surface area contributed by atoms with E-state index in [1.165, 1.54) is 11.3 Å². The van der Waals surface area contributed by atoms with Gasteiger partial charge in [0.15, 0.2) is 0 Å². The number of amides is 1. The molecule has 126 valence electrons. The number of rotatable bonds is 6. The zero-order valence-electron chi connectivity index (χ0n) is 13.0. The predicted molar refractivity (Wildman–Crippen MR) is 90.4 cm³/mol. The molecule has 1 amide bonds. The highest BCUT2D eigenvalue weighted by atomic mass is 32.1. The second-order valence-corrected chi connectivity index (χ2v) is 6.67. The van der Waals surface area contributed by atoms with Gasteiger partial charge >= 0.3 is 5.97 Å². The number of aliphatic carboxylic acids is 1. The van der Waals surface area contributed by atoms with Gasteiger partial charge in [-0.2, -0.15) is 0 Å². The van der Waals surface area contributed by atoms with Crippen LogP contribution in [-0.2, 0) is 16.0 Å². The van der Waals surface area contributed by atoms with E-state index in [1.54, 1.807) is 18.3 Å². The Hall–Kier alpha value is -2.25. The molecule has 0 aliphatic carbocycles. The van der Waals surface area contributed by atoms with Crippen molar-refractivity contribution in [2.45, 2.75) is 31.8 Å². The number of thiazole rings is 1. The number of carboxylic acids is 1. The summed E-state index contributed by atoms with van der Waals surface area (Å²) in [4.78, 5) is 27.7. The minimum atomic E-state index is -0.820. The number of carbonyl (C=O) groups excluding carboxylic acids is 1. The molecule has 7 heteroatoms. The van der Waals surface area contributed by atoms with Crippen LogP contribution in [-0.4, -0.2) is 28.6 Å². The summed E-state index contributed by atoms with van der Waals surface area (Å²) < 4.78 is 5.58. The minimum Gasteiger partial charge on any atom is -0.481 e. The Morgan fingerprint density at radius 3 is 2.79 bits per heavy atom. The molecule has 1 aliphatic heterocycles. The van der Waals surface area contributed by atoms with Gasteiger partial charge in [0, 0.05) is 18.7 Å². The maximum Gasteiger partial charge on any atom is 0.303 e. The summed E-state index contributed by atoms with van der Waals surface area (Å²) in [6, 6.07) is 7.19. The standard InChI is InChI=1S/C17H18N2O4S/c20-15(21)8-5-11-3-6-12(7-4-11)19-16(22)14-10-18-17(24-14)13-2-1-9-23-13/h3-4,6-7,10,13H,1-2,5,8-9H2,(H,19,22)(H,20,21). The van der Waals surface area contributed by atoms with Crippen molar-refractivity contribution in [3.63, 3.8) is 0 Å². The van der Waals surface area contributed by atoms with Crippen LogP contribution in [0.15, 0.2) is 30.5 Å². The number of carbonyl (C=O) groups is 2. The first-order chi connectivity index (χ1) is 11.6. The van der Waals surface area contributed by atoms with Crippen molar-refractivity contribution in [1.82, 2.24) is 4.98 Å². The second-order valence-electron chi connectivity index (χ2n) is 5.61. The lowest BCUT2D eigenvalue weighted by Crippen LogP contribution is -2.10. The van der Waals surface area contributed by atoms with E-state index in [1.807, 2.05) is 12.1 Å². The molecule has 0 bridgehead atoms. The molecule has 24 heavy (non-hydrogen) atoms. The number of ether oxygens (including phenoxy) is 1. The number of nitrogens with one attached hydrogen (secondary N) is 1. The fraction of sp³-hybridized carbons (Fsp3) is 0.353. The van der Waals surface area contributed by atoms with Crippen molar-refractivity contribution in [2.75, 3.05) is 11.9 Å². The summed E-state index contributed by atoms with van der Waals surface area (Å²) in [5, 5.41) is 12.4. The first kappa shape index (κ1) is 16.6. The van der Waals surface area contributed by atoms with Gasteiger partial charge in [-0.05, 0) is 37.0 Å². The molecule has 6 nitrogen and oxygen atoms in total. The van der Waals surface area contributed by atoms with Crippen molar-refractivity contribution in [2.24, 2.45) is 0 Å². The largest absolute Gasteiger partial charge is 0.481 e. The molecule has 1 fully saturated rings. The lowest BCUT2D eigenvalue weighted by atomic mass is 10.1. The average molecular weight is 346 g/mol. The Kier molecular flexibility index (Phi) is 5.22. The molecule has 1 aromatic heterocycles. The monoisotopic (exact) mass is 346 g/mol.